The van der Waals surface area contributed by atoms with Crippen molar-refractivity contribution in [2.24, 2.45) is 0 Å². The summed E-state index contributed by atoms with van der Waals surface area (Å²) in [4.78, 5) is 2.36. The largest absolute Gasteiger partial charge is 0.496 e. The van der Waals surface area contributed by atoms with Crippen LogP contribution < -0.4 is 9.47 Å². The molecular formula is C16H21N3O3. The number of ether oxygens (including phenoxy) is 3. The third kappa shape index (κ3) is 2.93. The maximum atomic E-state index is 5.64. The Balaban J connectivity index is 1.87. The molecule has 0 bridgehead atoms. The zero-order chi connectivity index (χ0) is 15.4. The second-order valence-electron chi connectivity index (χ2n) is 5.21. The molecule has 1 saturated heterocycles. The van der Waals surface area contributed by atoms with Gasteiger partial charge in [-0.15, -0.1) is 0 Å². The molecule has 6 nitrogen and oxygen atoms in total. The fraction of sp³-hybridized carbons (Fsp3) is 0.438. The van der Waals surface area contributed by atoms with E-state index in [4.69, 9.17) is 14.2 Å². The Bertz CT molecular complexity index is 578. The lowest BCUT2D eigenvalue weighted by molar-refractivity contribution is -0.0148. The van der Waals surface area contributed by atoms with Gasteiger partial charge in [-0.25, -0.2) is 0 Å². The van der Waals surface area contributed by atoms with Gasteiger partial charge in [0.2, 0.25) is 0 Å². The van der Waals surface area contributed by atoms with Crippen LogP contribution in [0, 0.1) is 0 Å². The van der Waals surface area contributed by atoms with E-state index in [0.29, 0.717) is 6.61 Å². The Hall–Kier alpha value is -2.05. The first-order valence-electron chi connectivity index (χ1n) is 7.34. The van der Waals surface area contributed by atoms with Crippen LogP contribution in [0.3, 0.4) is 0 Å². The van der Waals surface area contributed by atoms with Gasteiger partial charge in [0.05, 0.1) is 44.7 Å². The van der Waals surface area contributed by atoms with Gasteiger partial charge in [0.15, 0.2) is 0 Å². The molecule has 1 aromatic carbocycles. The maximum absolute atomic E-state index is 5.64. The second-order valence-corrected chi connectivity index (χ2v) is 5.21. The number of H-pyrrole nitrogens is 1. The zero-order valence-electron chi connectivity index (χ0n) is 12.9. The van der Waals surface area contributed by atoms with Crippen LogP contribution in [0.15, 0.2) is 30.5 Å². The summed E-state index contributed by atoms with van der Waals surface area (Å²) in [5.41, 5.74) is 2.12. The summed E-state index contributed by atoms with van der Waals surface area (Å²) >= 11 is 0. The van der Waals surface area contributed by atoms with Crippen molar-refractivity contribution in [1.82, 2.24) is 15.1 Å². The highest BCUT2D eigenvalue weighted by Crippen LogP contribution is 2.33. The molecule has 22 heavy (non-hydrogen) atoms. The van der Waals surface area contributed by atoms with Gasteiger partial charge >= 0.3 is 0 Å². The van der Waals surface area contributed by atoms with Gasteiger partial charge in [-0.2, -0.15) is 5.10 Å². The van der Waals surface area contributed by atoms with Crippen LogP contribution in [0.4, 0.5) is 0 Å². The Morgan fingerprint density at radius 2 is 2.05 bits per heavy atom. The number of nitrogens with zero attached hydrogens (tertiary/aromatic N) is 2. The molecule has 0 spiro atoms. The molecule has 1 aromatic heterocycles. The highest BCUT2D eigenvalue weighted by molar-refractivity contribution is 5.44. The molecule has 1 atom stereocenters. The molecule has 0 radical (unpaired) electrons. The third-order valence-electron chi connectivity index (χ3n) is 4.01. The first kappa shape index (κ1) is 14.9. The number of aromatic amines is 1. The highest BCUT2D eigenvalue weighted by Gasteiger charge is 2.27. The first-order chi connectivity index (χ1) is 10.8. The molecule has 2 aromatic rings. The summed E-state index contributed by atoms with van der Waals surface area (Å²) in [6, 6.07) is 8.01. The molecule has 1 aliphatic heterocycles. The molecule has 1 fully saturated rings. The van der Waals surface area contributed by atoms with Crippen LogP contribution in [0.25, 0.3) is 0 Å². The minimum Gasteiger partial charge on any atom is -0.496 e. The van der Waals surface area contributed by atoms with E-state index >= 15 is 0 Å². The molecule has 0 amide bonds. The van der Waals surface area contributed by atoms with E-state index in [9.17, 15) is 0 Å². The molecule has 0 aliphatic carbocycles. The minimum absolute atomic E-state index is 0.158. The lowest BCUT2D eigenvalue weighted by atomic mass is 10.1. The highest BCUT2D eigenvalue weighted by atomic mass is 16.5. The maximum Gasteiger partial charge on any atom is 0.127 e. The number of nitrogens with one attached hydrogen (secondary N) is 1. The number of morpholine rings is 1. The van der Waals surface area contributed by atoms with Crippen LogP contribution >= 0.6 is 0 Å². The van der Waals surface area contributed by atoms with Gasteiger partial charge in [0, 0.05) is 19.3 Å². The average Bonchev–Trinajstić information content (AvgIpc) is 3.10. The van der Waals surface area contributed by atoms with Gasteiger partial charge in [-0.1, -0.05) is 6.07 Å². The van der Waals surface area contributed by atoms with E-state index in [1.807, 2.05) is 24.3 Å². The number of rotatable bonds is 5. The van der Waals surface area contributed by atoms with Crippen molar-refractivity contribution in [2.75, 3.05) is 34.0 Å². The van der Waals surface area contributed by atoms with Gasteiger partial charge < -0.3 is 14.2 Å². The summed E-state index contributed by atoms with van der Waals surface area (Å²) in [7, 11) is 3.37. The van der Waals surface area contributed by atoms with E-state index < -0.39 is 0 Å². The van der Waals surface area contributed by atoms with Crippen LogP contribution in [0.2, 0.25) is 0 Å². The number of methoxy groups -OCH3 is 2. The Labute approximate surface area is 130 Å². The number of benzene rings is 1. The molecule has 3 rings (SSSR count). The molecule has 1 N–H and O–H groups in total. The smallest absolute Gasteiger partial charge is 0.127 e. The van der Waals surface area contributed by atoms with Crippen molar-refractivity contribution < 1.29 is 14.2 Å². The lowest BCUT2D eigenvalue weighted by Gasteiger charge is -2.35. The molecular weight excluding hydrogens is 282 g/mol. The van der Waals surface area contributed by atoms with Gasteiger partial charge in [-0.05, 0) is 18.2 Å². The summed E-state index contributed by atoms with van der Waals surface area (Å²) in [6.07, 6.45) is 1.77. The summed E-state index contributed by atoms with van der Waals surface area (Å²) in [6.45, 7) is 2.97. The molecule has 0 unspecified atom stereocenters. The van der Waals surface area contributed by atoms with E-state index in [1.165, 1.54) is 0 Å². The van der Waals surface area contributed by atoms with Crippen molar-refractivity contribution in [3.8, 4) is 11.5 Å². The molecule has 2 heterocycles. The predicted octanol–water partition coefficient (Wildman–Crippen LogP) is 2.00. The Morgan fingerprint density at radius 1 is 1.27 bits per heavy atom. The van der Waals surface area contributed by atoms with Crippen LogP contribution in [0.5, 0.6) is 11.5 Å². The van der Waals surface area contributed by atoms with E-state index in [2.05, 4.69) is 15.1 Å². The van der Waals surface area contributed by atoms with Gasteiger partial charge in [-0.3, -0.25) is 10.00 Å². The van der Waals surface area contributed by atoms with Crippen LogP contribution in [-0.4, -0.2) is 49.1 Å². The normalized spacial score (nSPS) is 19.1. The molecule has 118 valence electrons. The summed E-state index contributed by atoms with van der Waals surface area (Å²) in [5, 5.41) is 7.10. The van der Waals surface area contributed by atoms with Crippen molar-refractivity contribution in [3.05, 3.63) is 41.7 Å². The van der Waals surface area contributed by atoms with Crippen LogP contribution in [0.1, 0.15) is 17.3 Å². The summed E-state index contributed by atoms with van der Waals surface area (Å²) < 4.78 is 16.6. The summed E-state index contributed by atoms with van der Waals surface area (Å²) in [5.74, 6) is 1.68. The fourth-order valence-electron chi connectivity index (χ4n) is 2.85. The van der Waals surface area contributed by atoms with Crippen molar-refractivity contribution in [1.29, 1.82) is 0 Å². The monoisotopic (exact) mass is 303 g/mol. The number of hydrogen-bond acceptors (Lipinski definition) is 5. The Morgan fingerprint density at radius 3 is 2.68 bits per heavy atom. The third-order valence-corrected chi connectivity index (χ3v) is 4.01. The van der Waals surface area contributed by atoms with E-state index in [1.54, 1.807) is 20.4 Å². The number of hydrogen-bond donors (Lipinski definition) is 1. The van der Waals surface area contributed by atoms with Gasteiger partial charge in [0.25, 0.3) is 0 Å². The zero-order valence-corrected chi connectivity index (χ0v) is 12.9. The molecule has 1 aliphatic rings. The standard InChI is InChI=1S/C16H21N3O3/c1-20-15-4-3-5-16(21-2)12(15)10-19-8-9-22-11-14(19)13-6-7-17-18-13/h3-7,14H,8-11H2,1-2H3,(H,17,18)/t14-/m1/s1. The quantitative estimate of drug-likeness (QED) is 0.915. The molecule has 6 heteroatoms. The van der Waals surface area contributed by atoms with Crippen molar-refractivity contribution in [2.45, 2.75) is 12.6 Å². The molecule has 0 saturated carbocycles. The average molecular weight is 303 g/mol. The minimum atomic E-state index is 0.158. The second kappa shape index (κ2) is 6.81. The van der Waals surface area contributed by atoms with E-state index in [0.717, 1.165) is 42.5 Å². The van der Waals surface area contributed by atoms with Crippen molar-refractivity contribution in [3.63, 3.8) is 0 Å². The Kier molecular flexibility index (Phi) is 4.60. The lowest BCUT2D eigenvalue weighted by Crippen LogP contribution is -2.39. The topological polar surface area (TPSA) is 59.6 Å². The van der Waals surface area contributed by atoms with Crippen LogP contribution in [-0.2, 0) is 11.3 Å². The van der Waals surface area contributed by atoms with Crippen molar-refractivity contribution >= 4 is 0 Å². The fourth-order valence-corrected chi connectivity index (χ4v) is 2.85. The SMILES string of the molecule is COc1cccc(OC)c1CN1CCOC[C@@H]1c1ccn[nH]1. The first-order valence-corrected chi connectivity index (χ1v) is 7.34. The van der Waals surface area contributed by atoms with Gasteiger partial charge in [0.1, 0.15) is 11.5 Å². The van der Waals surface area contributed by atoms with E-state index in [-0.39, 0.29) is 6.04 Å². The predicted molar refractivity (Wildman–Crippen MR) is 82.1 cm³/mol. The number of aromatic nitrogens is 2.